The molecule has 28 heavy (non-hydrogen) atoms. The van der Waals surface area contributed by atoms with Gasteiger partial charge in [0, 0.05) is 25.6 Å². The van der Waals surface area contributed by atoms with Gasteiger partial charge in [-0.2, -0.15) is 0 Å². The topological polar surface area (TPSA) is 84.3 Å². The fourth-order valence-electron chi connectivity index (χ4n) is 4.91. The number of amides is 1. The van der Waals surface area contributed by atoms with Gasteiger partial charge in [0.1, 0.15) is 0 Å². The van der Waals surface area contributed by atoms with Crippen LogP contribution in [0, 0.1) is 5.92 Å². The van der Waals surface area contributed by atoms with Crippen molar-refractivity contribution in [3.8, 4) is 0 Å². The number of carbonyl (C=O) groups excluding carboxylic acids is 1. The largest absolute Gasteiger partial charge is 0.372 e. The summed E-state index contributed by atoms with van der Waals surface area (Å²) >= 11 is 0. The first-order valence-electron chi connectivity index (χ1n) is 10.9. The lowest BCUT2D eigenvalue weighted by Gasteiger charge is -2.35. The third-order valence-electron chi connectivity index (χ3n) is 6.30. The Morgan fingerprint density at radius 2 is 1.64 bits per heavy atom. The molecule has 1 aromatic rings. The van der Waals surface area contributed by atoms with Crippen LogP contribution >= 0.6 is 0 Å². The summed E-state index contributed by atoms with van der Waals surface area (Å²) in [6, 6.07) is 0. The van der Waals surface area contributed by atoms with E-state index >= 15 is 0 Å². The van der Waals surface area contributed by atoms with Crippen LogP contribution < -0.4 is 10.6 Å². The molecule has 1 amide bonds. The molecule has 3 aliphatic heterocycles. The molecule has 0 spiro atoms. The van der Waals surface area contributed by atoms with E-state index in [1.807, 2.05) is 18.7 Å². The Balaban J connectivity index is 1.59. The average Bonchev–Trinajstić information content (AvgIpc) is 3.11. The number of hydrogen-bond donors (Lipinski definition) is 2. The van der Waals surface area contributed by atoms with Crippen molar-refractivity contribution in [3.05, 3.63) is 11.4 Å². The molecule has 2 N–H and O–H groups in total. The van der Waals surface area contributed by atoms with Gasteiger partial charge in [-0.25, -0.2) is 4.68 Å². The minimum Gasteiger partial charge on any atom is -0.372 e. The highest BCUT2D eigenvalue weighted by atomic mass is 16.5. The van der Waals surface area contributed by atoms with Crippen LogP contribution in [0.1, 0.15) is 61.6 Å². The normalized spacial score (nSPS) is 27.9. The quantitative estimate of drug-likeness (QED) is 0.798. The van der Waals surface area contributed by atoms with Gasteiger partial charge in [-0.05, 0) is 71.6 Å². The monoisotopic (exact) mass is 390 g/mol. The van der Waals surface area contributed by atoms with Gasteiger partial charge in [0.05, 0.1) is 17.9 Å². The van der Waals surface area contributed by atoms with Gasteiger partial charge in [0.2, 0.25) is 0 Å². The van der Waals surface area contributed by atoms with Gasteiger partial charge < -0.3 is 20.3 Å². The molecular weight excluding hydrogens is 356 g/mol. The minimum absolute atomic E-state index is 0.0205. The van der Waals surface area contributed by atoms with Crippen molar-refractivity contribution in [2.75, 3.05) is 39.3 Å². The van der Waals surface area contributed by atoms with Crippen LogP contribution in [0.2, 0.25) is 0 Å². The van der Waals surface area contributed by atoms with Crippen LogP contribution in [0.25, 0.3) is 0 Å². The molecule has 0 aliphatic carbocycles. The van der Waals surface area contributed by atoms with E-state index in [0.29, 0.717) is 30.6 Å². The summed E-state index contributed by atoms with van der Waals surface area (Å²) in [5, 5.41) is 15.8. The zero-order valence-corrected chi connectivity index (χ0v) is 17.2. The molecule has 0 radical (unpaired) electrons. The van der Waals surface area contributed by atoms with Gasteiger partial charge >= 0.3 is 0 Å². The highest BCUT2D eigenvalue weighted by Crippen LogP contribution is 2.29. The van der Waals surface area contributed by atoms with Crippen LogP contribution in [0.5, 0.6) is 0 Å². The number of nitrogens with one attached hydrogen (secondary N) is 2. The van der Waals surface area contributed by atoms with Crippen molar-refractivity contribution in [2.45, 2.75) is 64.2 Å². The van der Waals surface area contributed by atoms with Gasteiger partial charge in [0.15, 0.2) is 5.69 Å². The summed E-state index contributed by atoms with van der Waals surface area (Å²) in [7, 11) is 0. The van der Waals surface area contributed by atoms with E-state index in [4.69, 9.17) is 4.74 Å². The number of rotatable bonds is 4. The SMILES string of the molecule is C[C@@H]1CN(C(=O)c2nnn(CC3CCNCC3)c2C2CCNCC2)C[C@H](C)O1. The molecule has 0 aromatic carbocycles. The Labute approximate surface area is 167 Å². The van der Waals surface area contributed by atoms with E-state index in [-0.39, 0.29) is 18.1 Å². The highest BCUT2D eigenvalue weighted by Gasteiger charge is 2.34. The molecule has 3 aliphatic rings. The predicted octanol–water partition coefficient (Wildman–Crippen LogP) is 0.994. The van der Waals surface area contributed by atoms with Crippen molar-refractivity contribution in [1.82, 2.24) is 30.5 Å². The Morgan fingerprint density at radius 3 is 2.29 bits per heavy atom. The second kappa shape index (κ2) is 8.88. The molecular formula is C20H34N6O2. The molecule has 3 fully saturated rings. The summed E-state index contributed by atoms with van der Waals surface area (Å²) in [6.45, 7) is 10.3. The lowest BCUT2D eigenvalue weighted by atomic mass is 9.91. The minimum atomic E-state index is 0.0205. The number of hydrogen-bond acceptors (Lipinski definition) is 6. The zero-order valence-electron chi connectivity index (χ0n) is 17.2. The van der Waals surface area contributed by atoms with Crippen LogP contribution in [-0.4, -0.2) is 77.3 Å². The zero-order chi connectivity index (χ0) is 19.5. The standard InChI is InChI=1S/C20H34N6O2/c1-14-11-25(12-15(2)28-14)20(27)18-19(17-5-9-22-10-6-17)26(24-23-18)13-16-3-7-21-8-4-16/h14-17,21-22H,3-13H2,1-2H3/t14-,15+. The van der Waals surface area contributed by atoms with Crippen molar-refractivity contribution in [1.29, 1.82) is 0 Å². The lowest BCUT2D eigenvalue weighted by Crippen LogP contribution is -2.48. The highest BCUT2D eigenvalue weighted by molar-refractivity contribution is 5.93. The average molecular weight is 391 g/mol. The number of piperidine rings is 2. The smallest absolute Gasteiger partial charge is 0.276 e. The maximum absolute atomic E-state index is 13.4. The molecule has 8 nitrogen and oxygen atoms in total. The molecule has 0 saturated carbocycles. The molecule has 1 aromatic heterocycles. The maximum Gasteiger partial charge on any atom is 0.276 e. The van der Waals surface area contributed by atoms with E-state index in [0.717, 1.165) is 64.1 Å². The van der Waals surface area contributed by atoms with E-state index < -0.39 is 0 Å². The lowest BCUT2D eigenvalue weighted by molar-refractivity contribution is -0.0587. The number of carbonyl (C=O) groups is 1. The van der Waals surface area contributed by atoms with Crippen LogP contribution in [0.4, 0.5) is 0 Å². The van der Waals surface area contributed by atoms with E-state index in [1.54, 1.807) is 0 Å². The first kappa shape index (κ1) is 19.8. The third kappa shape index (κ3) is 4.39. The van der Waals surface area contributed by atoms with Gasteiger partial charge in [-0.15, -0.1) is 5.10 Å². The second-order valence-electron chi connectivity index (χ2n) is 8.69. The summed E-state index contributed by atoms with van der Waals surface area (Å²) in [5.74, 6) is 0.981. The molecule has 3 saturated heterocycles. The molecule has 156 valence electrons. The Kier molecular flexibility index (Phi) is 6.28. The van der Waals surface area contributed by atoms with Gasteiger partial charge in [0.25, 0.3) is 5.91 Å². The van der Waals surface area contributed by atoms with Crippen molar-refractivity contribution in [2.24, 2.45) is 5.92 Å². The summed E-state index contributed by atoms with van der Waals surface area (Å²) < 4.78 is 7.87. The summed E-state index contributed by atoms with van der Waals surface area (Å²) in [4.78, 5) is 15.3. The molecule has 4 heterocycles. The van der Waals surface area contributed by atoms with Crippen molar-refractivity contribution < 1.29 is 9.53 Å². The number of morpholine rings is 1. The van der Waals surface area contributed by atoms with Crippen molar-refractivity contribution >= 4 is 5.91 Å². The molecule has 0 bridgehead atoms. The van der Waals surface area contributed by atoms with Gasteiger partial charge in [-0.3, -0.25) is 4.79 Å². The first-order chi connectivity index (χ1) is 13.6. The van der Waals surface area contributed by atoms with Crippen LogP contribution in [0.3, 0.4) is 0 Å². The van der Waals surface area contributed by atoms with E-state index in [9.17, 15) is 4.79 Å². The van der Waals surface area contributed by atoms with Crippen LogP contribution in [-0.2, 0) is 11.3 Å². The van der Waals surface area contributed by atoms with Crippen LogP contribution in [0.15, 0.2) is 0 Å². The molecule has 8 heteroatoms. The first-order valence-corrected chi connectivity index (χ1v) is 10.9. The third-order valence-corrected chi connectivity index (χ3v) is 6.30. The molecule has 0 unspecified atom stereocenters. The summed E-state index contributed by atoms with van der Waals surface area (Å²) in [5.41, 5.74) is 1.64. The fraction of sp³-hybridized carbons (Fsp3) is 0.850. The fourth-order valence-corrected chi connectivity index (χ4v) is 4.91. The number of nitrogens with zero attached hydrogens (tertiary/aromatic N) is 4. The Hall–Kier alpha value is -1.51. The van der Waals surface area contributed by atoms with E-state index in [2.05, 4.69) is 25.6 Å². The van der Waals surface area contributed by atoms with Gasteiger partial charge in [-0.1, -0.05) is 5.21 Å². The molecule has 2 atom stereocenters. The second-order valence-corrected chi connectivity index (χ2v) is 8.69. The molecule has 4 rings (SSSR count). The Bertz CT molecular complexity index is 656. The maximum atomic E-state index is 13.4. The predicted molar refractivity (Wildman–Crippen MR) is 106 cm³/mol. The number of ether oxygens (including phenoxy) is 1. The van der Waals surface area contributed by atoms with Crippen molar-refractivity contribution in [3.63, 3.8) is 0 Å². The number of aromatic nitrogens is 3. The Morgan fingerprint density at radius 1 is 1.04 bits per heavy atom. The summed E-state index contributed by atoms with van der Waals surface area (Å²) in [6.07, 6.45) is 4.51. The van der Waals surface area contributed by atoms with E-state index in [1.165, 1.54) is 0 Å².